The third-order valence-corrected chi connectivity index (χ3v) is 2.71. The smallest absolute Gasteiger partial charge is 0.140 e. The van der Waals surface area contributed by atoms with Gasteiger partial charge < -0.3 is 5.32 Å². The average Bonchev–Trinajstić information content (AvgIpc) is 2.64. The van der Waals surface area contributed by atoms with Crippen LogP contribution in [0.1, 0.15) is 39.9 Å². The van der Waals surface area contributed by atoms with Crippen molar-refractivity contribution in [1.82, 2.24) is 20.1 Å². The van der Waals surface area contributed by atoms with E-state index in [0.717, 1.165) is 31.4 Å². The highest BCUT2D eigenvalue weighted by molar-refractivity contribution is 4.84. The average molecular weight is 224 g/mol. The molecule has 0 saturated heterocycles. The number of rotatable bonds is 7. The molecular weight excluding hydrogens is 200 g/mol. The minimum absolute atomic E-state index is 0.606. The number of hydrogen-bond donors (Lipinski definition) is 1. The summed E-state index contributed by atoms with van der Waals surface area (Å²) in [6, 6.07) is 0. The van der Waals surface area contributed by atoms with Crippen molar-refractivity contribution >= 4 is 0 Å². The molecule has 0 aromatic carbocycles. The van der Waals surface area contributed by atoms with Crippen molar-refractivity contribution in [2.75, 3.05) is 6.54 Å². The minimum atomic E-state index is 0.606. The summed E-state index contributed by atoms with van der Waals surface area (Å²) in [5.41, 5.74) is 0. The van der Waals surface area contributed by atoms with E-state index in [1.165, 1.54) is 6.42 Å². The normalized spacial score (nSPS) is 13.3. The van der Waals surface area contributed by atoms with Crippen LogP contribution in [0.5, 0.6) is 0 Å². The summed E-state index contributed by atoms with van der Waals surface area (Å²) in [7, 11) is 0. The topological polar surface area (TPSA) is 42.7 Å². The van der Waals surface area contributed by atoms with Crippen molar-refractivity contribution in [3.05, 3.63) is 12.2 Å². The molecule has 0 aliphatic carbocycles. The second kappa shape index (κ2) is 6.63. The number of aromatic nitrogens is 3. The number of nitrogens with one attached hydrogen (secondary N) is 1. The molecule has 0 fully saturated rings. The Kier molecular flexibility index (Phi) is 5.46. The van der Waals surface area contributed by atoms with Gasteiger partial charge in [0, 0.05) is 6.54 Å². The maximum absolute atomic E-state index is 4.28. The zero-order valence-electron chi connectivity index (χ0n) is 10.9. The van der Waals surface area contributed by atoms with Crippen LogP contribution in [0.2, 0.25) is 0 Å². The van der Waals surface area contributed by atoms with Crippen LogP contribution in [0.15, 0.2) is 6.33 Å². The van der Waals surface area contributed by atoms with Gasteiger partial charge in [-0.2, -0.15) is 5.10 Å². The van der Waals surface area contributed by atoms with Crippen molar-refractivity contribution in [1.29, 1.82) is 0 Å². The molecule has 0 aliphatic rings. The molecule has 0 bridgehead atoms. The summed E-state index contributed by atoms with van der Waals surface area (Å²) >= 11 is 0. The van der Waals surface area contributed by atoms with Crippen molar-refractivity contribution in [2.45, 2.75) is 47.2 Å². The lowest BCUT2D eigenvalue weighted by molar-refractivity contribution is 0.444. The van der Waals surface area contributed by atoms with Crippen LogP contribution in [0.25, 0.3) is 0 Å². The number of hydrogen-bond acceptors (Lipinski definition) is 3. The summed E-state index contributed by atoms with van der Waals surface area (Å²) in [5.74, 6) is 2.37. The van der Waals surface area contributed by atoms with Gasteiger partial charge in [0.1, 0.15) is 12.2 Å². The number of nitrogens with zero attached hydrogens (tertiary/aromatic N) is 3. The van der Waals surface area contributed by atoms with Crippen LogP contribution in [-0.2, 0) is 13.1 Å². The Morgan fingerprint density at radius 3 is 2.75 bits per heavy atom. The van der Waals surface area contributed by atoms with Gasteiger partial charge in [0.25, 0.3) is 0 Å². The second-order valence-corrected chi connectivity index (χ2v) is 4.90. The van der Waals surface area contributed by atoms with E-state index < -0.39 is 0 Å². The van der Waals surface area contributed by atoms with Crippen molar-refractivity contribution in [2.24, 2.45) is 11.8 Å². The Bertz CT molecular complexity index is 293. The highest BCUT2D eigenvalue weighted by atomic mass is 15.3. The van der Waals surface area contributed by atoms with E-state index in [1.54, 1.807) is 6.33 Å². The SMILES string of the molecule is CCC(C)CNCc1ncnn1CC(C)C. The molecule has 1 unspecified atom stereocenters. The predicted molar refractivity (Wildman–Crippen MR) is 66.0 cm³/mol. The van der Waals surface area contributed by atoms with Crippen LogP contribution in [0, 0.1) is 11.8 Å². The standard InChI is InChI=1S/C12H24N4/c1-5-11(4)6-13-7-12-14-9-15-16(12)8-10(2)3/h9-11,13H,5-8H2,1-4H3. The first kappa shape index (κ1) is 13.2. The Morgan fingerprint density at radius 1 is 1.38 bits per heavy atom. The molecule has 1 atom stereocenters. The largest absolute Gasteiger partial charge is 0.310 e. The first-order valence-corrected chi connectivity index (χ1v) is 6.20. The molecule has 1 aromatic rings. The maximum atomic E-state index is 4.28. The van der Waals surface area contributed by atoms with Crippen molar-refractivity contribution < 1.29 is 0 Å². The lowest BCUT2D eigenvalue weighted by atomic mass is 10.1. The summed E-state index contributed by atoms with van der Waals surface area (Å²) in [6.07, 6.45) is 2.86. The molecule has 1 N–H and O–H groups in total. The highest BCUT2D eigenvalue weighted by Gasteiger charge is 2.06. The summed E-state index contributed by atoms with van der Waals surface area (Å²) in [5, 5.41) is 7.67. The molecule has 92 valence electrons. The van der Waals surface area contributed by atoms with Gasteiger partial charge in [0.2, 0.25) is 0 Å². The first-order valence-electron chi connectivity index (χ1n) is 6.20. The van der Waals surface area contributed by atoms with Gasteiger partial charge in [-0.3, -0.25) is 0 Å². The molecule has 1 aromatic heterocycles. The van der Waals surface area contributed by atoms with E-state index in [2.05, 4.69) is 43.1 Å². The molecule has 0 saturated carbocycles. The van der Waals surface area contributed by atoms with E-state index in [0.29, 0.717) is 5.92 Å². The Labute approximate surface area is 98.5 Å². The van der Waals surface area contributed by atoms with E-state index in [4.69, 9.17) is 0 Å². The quantitative estimate of drug-likeness (QED) is 0.771. The second-order valence-electron chi connectivity index (χ2n) is 4.90. The molecule has 1 rings (SSSR count). The van der Waals surface area contributed by atoms with Gasteiger partial charge in [-0.1, -0.05) is 34.1 Å². The third-order valence-electron chi connectivity index (χ3n) is 2.71. The van der Waals surface area contributed by atoms with Crippen LogP contribution in [0.4, 0.5) is 0 Å². The Balaban J connectivity index is 2.38. The zero-order chi connectivity index (χ0) is 12.0. The monoisotopic (exact) mass is 224 g/mol. The minimum Gasteiger partial charge on any atom is -0.310 e. The summed E-state index contributed by atoms with van der Waals surface area (Å²) in [4.78, 5) is 4.28. The molecule has 4 nitrogen and oxygen atoms in total. The van der Waals surface area contributed by atoms with Crippen LogP contribution < -0.4 is 5.32 Å². The lowest BCUT2D eigenvalue weighted by Crippen LogP contribution is -2.23. The van der Waals surface area contributed by atoms with Gasteiger partial charge in [-0.05, 0) is 18.4 Å². The fraction of sp³-hybridized carbons (Fsp3) is 0.833. The van der Waals surface area contributed by atoms with Gasteiger partial charge in [-0.25, -0.2) is 9.67 Å². The molecule has 0 radical (unpaired) electrons. The predicted octanol–water partition coefficient (Wildman–Crippen LogP) is 2.07. The highest BCUT2D eigenvalue weighted by Crippen LogP contribution is 2.02. The fourth-order valence-corrected chi connectivity index (χ4v) is 1.50. The summed E-state index contributed by atoms with van der Waals surface area (Å²) < 4.78 is 1.99. The zero-order valence-corrected chi connectivity index (χ0v) is 10.9. The van der Waals surface area contributed by atoms with Gasteiger partial charge in [0.05, 0.1) is 6.54 Å². The van der Waals surface area contributed by atoms with Crippen LogP contribution in [0.3, 0.4) is 0 Å². The molecular formula is C12H24N4. The molecule has 16 heavy (non-hydrogen) atoms. The Morgan fingerprint density at radius 2 is 2.12 bits per heavy atom. The van der Waals surface area contributed by atoms with E-state index in [9.17, 15) is 0 Å². The molecule has 1 heterocycles. The Hall–Kier alpha value is -0.900. The van der Waals surface area contributed by atoms with Gasteiger partial charge in [0.15, 0.2) is 0 Å². The third kappa shape index (κ3) is 4.31. The molecule has 0 amide bonds. The maximum Gasteiger partial charge on any atom is 0.140 e. The van der Waals surface area contributed by atoms with Crippen molar-refractivity contribution in [3.8, 4) is 0 Å². The lowest BCUT2D eigenvalue weighted by Gasteiger charge is -2.11. The van der Waals surface area contributed by atoms with E-state index in [-0.39, 0.29) is 0 Å². The van der Waals surface area contributed by atoms with Gasteiger partial charge in [-0.15, -0.1) is 0 Å². The molecule has 0 aliphatic heterocycles. The van der Waals surface area contributed by atoms with E-state index in [1.807, 2.05) is 4.68 Å². The fourth-order valence-electron chi connectivity index (χ4n) is 1.50. The first-order chi connectivity index (χ1) is 7.63. The summed E-state index contributed by atoms with van der Waals surface area (Å²) in [6.45, 7) is 11.7. The molecule has 0 spiro atoms. The van der Waals surface area contributed by atoms with Crippen LogP contribution >= 0.6 is 0 Å². The van der Waals surface area contributed by atoms with Crippen molar-refractivity contribution in [3.63, 3.8) is 0 Å². The molecule has 4 heteroatoms. The van der Waals surface area contributed by atoms with Gasteiger partial charge >= 0.3 is 0 Å². The van der Waals surface area contributed by atoms with E-state index >= 15 is 0 Å². The van der Waals surface area contributed by atoms with Crippen LogP contribution in [-0.4, -0.2) is 21.3 Å².